The van der Waals surface area contributed by atoms with Crippen LogP contribution in [0.2, 0.25) is 0 Å². The van der Waals surface area contributed by atoms with Gasteiger partial charge in [-0.3, -0.25) is 0 Å². The summed E-state index contributed by atoms with van der Waals surface area (Å²) >= 11 is 7.25. The lowest BCUT2D eigenvalue weighted by Crippen LogP contribution is -1.79. The Kier molecular flexibility index (Phi) is 3.18. The standard InChI is InChI=1S/C9H6BrIN2S/c1-5-2-6(4-7(10)3-5)8-12-13-9(11)14-8/h2-4H,1H3. The molecule has 0 aliphatic heterocycles. The zero-order valence-corrected chi connectivity index (χ0v) is 11.9. The van der Waals surface area contributed by atoms with Crippen molar-refractivity contribution < 1.29 is 0 Å². The molecule has 72 valence electrons. The van der Waals surface area contributed by atoms with Crippen molar-refractivity contribution in [1.29, 1.82) is 0 Å². The minimum Gasteiger partial charge on any atom is -0.137 e. The lowest BCUT2D eigenvalue weighted by molar-refractivity contribution is 1.07. The molecule has 1 heterocycles. The number of nitrogens with zero attached hydrogens (tertiary/aromatic N) is 2. The number of halogens is 2. The zero-order chi connectivity index (χ0) is 10.1. The number of hydrogen-bond donors (Lipinski definition) is 0. The molecule has 0 amide bonds. The highest BCUT2D eigenvalue weighted by Gasteiger charge is 2.05. The Morgan fingerprint density at radius 3 is 2.64 bits per heavy atom. The molecule has 14 heavy (non-hydrogen) atoms. The minimum atomic E-state index is 0.968. The summed E-state index contributed by atoms with van der Waals surface area (Å²) < 4.78 is 2.05. The van der Waals surface area contributed by atoms with Crippen molar-refractivity contribution in [3.8, 4) is 10.6 Å². The molecule has 2 nitrogen and oxygen atoms in total. The molecular formula is C9H6BrIN2S. The number of aryl methyl sites for hydroxylation is 1. The third-order valence-electron chi connectivity index (χ3n) is 1.69. The van der Waals surface area contributed by atoms with Crippen LogP contribution in [-0.2, 0) is 0 Å². The van der Waals surface area contributed by atoms with E-state index in [-0.39, 0.29) is 0 Å². The highest BCUT2D eigenvalue weighted by atomic mass is 127. The fraction of sp³-hybridized carbons (Fsp3) is 0.111. The summed E-state index contributed by atoms with van der Waals surface area (Å²) in [6, 6.07) is 6.25. The summed E-state index contributed by atoms with van der Waals surface area (Å²) in [5.41, 5.74) is 2.34. The van der Waals surface area contributed by atoms with Crippen LogP contribution in [0.3, 0.4) is 0 Å². The SMILES string of the molecule is Cc1cc(Br)cc(-c2nnc(I)s2)c1. The Hall–Kier alpha value is -0.01000. The number of hydrogen-bond acceptors (Lipinski definition) is 3. The fourth-order valence-electron chi connectivity index (χ4n) is 1.18. The van der Waals surface area contributed by atoms with Crippen LogP contribution in [-0.4, -0.2) is 10.2 Å². The maximum Gasteiger partial charge on any atom is 0.178 e. The largest absolute Gasteiger partial charge is 0.178 e. The van der Waals surface area contributed by atoms with Crippen molar-refractivity contribution in [2.75, 3.05) is 0 Å². The van der Waals surface area contributed by atoms with Gasteiger partial charge in [-0.1, -0.05) is 27.3 Å². The van der Waals surface area contributed by atoms with E-state index in [1.165, 1.54) is 5.56 Å². The molecule has 1 aromatic carbocycles. The first-order valence-corrected chi connectivity index (χ1v) is 6.60. The van der Waals surface area contributed by atoms with E-state index < -0.39 is 0 Å². The first-order chi connectivity index (χ1) is 6.65. The van der Waals surface area contributed by atoms with Gasteiger partial charge in [0.25, 0.3) is 0 Å². The van der Waals surface area contributed by atoms with Gasteiger partial charge in [0.2, 0.25) is 0 Å². The van der Waals surface area contributed by atoms with Gasteiger partial charge in [-0.2, -0.15) is 0 Å². The highest BCUT2D eigenvalue weighted by Crippen LogP contribution is 2.27. The second-order valence-corrected chi connectivity index (χ2v) is 6.52. The van der Waals surface area contributed by atoms with E-state index in [9.17, 15) is 0 Å². The van der Waals surface area contributed by atoms with Crippen LogP contribution in [0.1, 0.15) is 5.56 Å². The van der Waals surface area contributed by atoms with Gasteiger partial charge in [0.05, 0.1) is 0 Å². The van der Waals surface area contributed by atoms with E-state index in [1.807, 2.05) is 0 Å². The van der Waals surface area contributed by atoms with Crippen molar-refractivity contribution in [2.24, 2.45) is 0 Å². The third kappa shape index (κ3) is 2.32. The van der Waals surface area contributed by atoms with E-state index in [4.69, 9.17) is 0 Å². The van der Waals surface area contributed by atoms with Gasteiger partial charge in [0.15, 0.2) is 3.01 Å². The summed E-state index contributed by atoms with van der Waals surface area (Å²) in [5, 5.41) is 9.07. The summed E-state index contributed by atoms with van der Waals surface area (Å²) in [6.07, 6.45) is 0. The van der Waals surface area contributed by atoms with Crippen molar-refractivity contribution in [2.45, 2.75) is 6.92 Å². The molecule has 0 spiro atoms. The van der Waals surface area contributed by atoms with E-state index in [2.05, 4.69) is 73.8 Å². The fourth-order valence-corrected chi connectivity index (χ4v) is 3.08. The molecule has 5 heteroatoms. The summed E-state index contributed by atoms with van der Waals surface area (Å²) in [5.74, 6) is 0. The van der Waals surface area contributed by atoms with E-state index in [0.29, 0.717) is 0 Å². The molecular weight excluding hydrogens is 375 g/mol. The number of aromatic nitrogens is 2. The quantitative estimate of drug-likeness (QED) is 0.701. The van der Waals surface area contributed by atoms with Gasteiger partial charge >= 0.3 is 0 Å². The molecule has 2 rings (SSSR count). The molecule has 0 N–H and O–H groups in total. The van der Waals surface area contributed by atoms with Crippen LogP contribution in [0.5, 0.6) is 0 Å². The Labute approximate surface area is 108 Å². The first kappa shape index (κ1) is 10.5. The molecule has 0 saturated heterocycles. The van der Waals surface area contributed by atoms with Gasteiger partial charge in [0, 0.05) is 10.0 Å². The summed E-state index contributed by atoms with van der Waals surface area (Å²) in [7, 11) is 0. The van der Waals surface area contributed by atoms with E-state index >= 15 is 0 Å². The van der Waals surface area contributed by atoms with E-state index in [0.717, 1.165) is 18.1 Å². The number of benzene rings is 1. The molecule has 0 unspecified atom stereocenters. The van der Waals surface area contributed by atoms with Crippen LogP contribution in [0.4, 0.5) is 0 Å². The molecule has 2 aromatic rings. The highest BCUT2D eigenvalue weighted by molar-refractivity contribution is 14.1. The monoisotopic (exact) mass is 380 g/mol. The van der Waals surface area contributed by atoms with Crippen LogP contribution in [0, 0.1) is 9.94 Å². The molecule has 0 radical (unpaired) electrons. The molecule has 0 fully saturated rings. The second-order valence-electron chi connectivity index (χ2n) is 2.88. The lowest BCUT2D eigenvalue weighted by atomic mass is 10.1. The Bertz CT molecular complexity index is 449. The maximum atomic E-state index is 4.11. The van der Waals surface area contributed by atoms with Gasteiger partial charge in [-0.05, 0) is 53.3 Å². The topological polar surface area (TPSA) is 25.8 Å². The molecule has 0 bridgehead atoms. The third-order valence-corrected chi connectivity index (χ3v) is 3.78. The Balaban J connectivity index is 2.51. The Morgan fingerprint density at radius 1 is 1.29 bits per heavy atom. The minimum absolute atomic E-state index is 0.968. The second kappa shape index (κ2) is 4.24. The smallest absolute Gasteiger partial charge is 0.137 e. The lowest BCUT2D eigenvalue weighted by Gasteiger charge is -1.99. The first-order valence-electron chi connectivity index (χ1n) is 3.92. The van der Waals surface area contributed by atoms with Crippen molar-refractivity contribution in [3.05, 3.63) is 31.2 Å². The summed E-state index contributed by atoms with van der Waals surface area (Å²) in [6.45, 7) is 2.07. The summed E-state index contributed by atoms with van der Waals surface area (Å²) in [4.78, 5) is 0. The predicted molar refractivity (Wildman–Crippen MR) is 70.5 cm³/mol. The maximum absolute atomic E-state index is 4.11. The van der Waals surface area contributed by atoms with Crippen LogP contribution < -0.4 is 0 Å². The normalized spacial score (nSPS) is 10.5. The number of rotatable bonds is 1. The molecule has 1 aromatic heterocycles. The predicted octanol–water partition coefficient (Wildman–Crippen LogP) is 3.88. The average Bonchev–Trinajstić information content (AvgIpc) is 2.50. The van der Waals surface area contributed by atoms with Gasteiger partial charge in [-0.25, -0.2) is 0 Å². The van der Waals surface area contributed by atoms with Crippen molar-refractivity contribution >= 4 is 49.9 Å². The molecule has 0 aliphatic carbocycles. The molecule has 0 atom stereocenters. The van der Waals surface area contributed by atoms with Gasteiger partial charge in [-0.15, -0.1) is 10.2 Å². The zero-order valence-electron chi connectivity index (χ0n) is 7.29. The molecule has 0 aliphatic rings. The average molecular weight is 381 g/mol. The van der Waals surface area contributed by atoms with Crippen molar-refractivity contribution in [3.63, 3.8) is 0 Å². The van der Waals surface area contributed by atoms with E-state index in [1.54, 1.807) is 11.3 Å². The Morgan fingerprint density at radius 2 is 2.07 bits per heavy atom. The van der Waals surface area contributed by atoms with Gasteiger partial charge in [0.1, 0.15) is 5.01 Å². The van der Waals surface area contributed by atoms with Crippen LogP contribution >= 0.6 is 49.9 Å². The van der Waals surface area contributed by atoms with Crippen LogP contribution in [0.15, 0.2) is 22.7 Å². The van der Waals surface area contributed by atoms with Gasteiger partial charge < -0.3 is 0 Å². The molecule has 0 saturated carbocycles. The van der Waals surface area contributed by atoms with Crippen LogP contribution in [0.25, 0.3) is 10.6 Å². The van der Waals surface area contributed by atoms with Crippen molar-refractivity contribution in [1.82, 2.24) is 10.2 Å².